The van der Waals surface area contributed by atoms with Crippen LogP contribution >= 0.6 is 15.9 Å². The third kappa shape index (κ3) is 5.27. The zero-order valence-electron chi connectivity index (χ0n) is 17.4. The topological polar surface area (TPSA) is 120 Å². The Morgan fingerprint density at radius 2 is 1.39 bits per heavy atom. The van der Waals surface area contributed by atoms with Crippen LogP contribution in [0.2, 0.25) is 0 Å². The molecule has 9 heteroatoms. The van der Waals surface area contributed by atoms with E-state index in [0.717, 1.165) is 0 Å². The van der Waals surface area contributed by atoms with Gasteiger partial charge < -0.3 is 21.1 Å². The molecule has 168 valence electrons. The largest absolute Gasteiger partial charge is 0.507 e. The highest BCUT2D eigenvalue weighted by molar-refractivity contribution is 9.10. The van der Waals surface area contributed by atoms with Gasteiger partial charge in [0.25, 0.3) is 11.8 Å². The molecular formula is C24H21BrN4O4. The second-order valence-corrected chi connectivity index (χ2v) is 8.54. The number of ketones is 1. The summed E-state index contributed by atoms with van der Waals surface area (Å²) in [5, 5.41) is 19.0. The van der Waals surface area contributed by atoms with Gasteiger partial charge in [-0.05, 0) is 42.5 Å². The summed E-state index contributed by atoms with van der Waals surface area (Å²) in [7, 11) is 0. The van der Waals surface area contributed by atoms with Crippen LogP contribution in [0.25, 0.3) is 0 Å². The zero-order valence-corrected chi connectivity index (χ0v) is 19.0. The Bertz CT molecular complexity index is 1180. The molecule has 0 radical (unpaired) electrons. The van der Waals surface area contributed by atoms with E-state index in [1.807, 2.05) is 0 Å². The average molecular weight is 509 g/mol. The Morgan fingerprint density at radius 1 is 0.848 bits per heavy atom. The average Bonchev–Trinajstić information content (AvgIpc) is 3.27. The minimum absolute atomic E-state index is 0.112. The molecule has 0 bridgehead atoms. The highest BCUT2D eigenvalue weighted by atomic mass is 79.9. The number of carbonyl (C=O) groups excluding carboxylic acids is 3. The van der Waals surface area contributed by atoms with Crippen molar-refractivity contribution in [1.82, 2.24) is 20.9 Å². The Morgan fingerprint density at radius 3 is 2.00 bits per heavy atom. The summed E-state index contributed by atoms with van der Waals surface area (Å²) < 4.78 is 0.676. The first kappa shape index (κ1) is 22.6. The van der Waals surface area contributed by atoms with E-state index >= 15 is 0 Å². The minimum Gasteiger partial charge on any atom is -0.507 e. The molecule has 33 heavy (non-hydrogen) atoms. The fourth-order valence-corrected chi connectivity index (χ4v) is 3.97. The Labute approximate surface area is 198 Å². The van der Waals surface area contributed by atoms with E-state index in [1.54, 1.807) is 60.9 Å². The fourth-order valence-electron chi connectivity index (χ4n) is 3.61. The third-order valence-electron chi connectivity index (χ3n) is 5.40. The summed E-state index contributed by atoms with van der Waals surface area (Å²) in [6, 6.07) is 13.5. The second-order valence-electron chi connectivity index (χ2n) is 7.62. The smallest absolute Gasteiger partial charge is 0.251 e. The van der Waals surface area contributed by atoms with Gasteiger partial charge in [-0.1, -0.05) is 28.1 Å². The van der Waals surface area contributed by atoms with E-state index in [1.165, 1.54) is 6.07 Å². The molecule has 2 amide bonds. The molecular weight excluding hydrogens is 488 g/mol. The normalized spacial score (nSPS) is 17.4. The first-order chi connectivity index (χ1) is 15.9. The highest BCUT2D eigenvalue weighted by Gasteiger charge is 2.30. The van der Waals surface area contributed by atoms with Gasteiger partial charge >= 0.3 is 0 Å². The maximum absolute atomic E-state index is 12.8. The van der Waals surface area contributed by atoms with Crippen molar-refractivity contribution in [3.8, 4) is 5.75 Å². The lowest BCUT2D eigenvalue weighted by atomic mass is 10.0. The lowest BCUT2D eigenvalue weighted by molar-refractivity contribution is 0.0896. The van der Waals surface area contributed by atoms with Crippen LogP contribution in [0.15, 0.2) is 71.5 Å². The summed E-state index contributed by atoms with van der Waals surface area (Å²) in [5.74, 6) is -1.00. The quantitative estimate of drug-likeness (QED) is 0.379. The van der Waals surface area contributed by atoms with Crippen molar-refractivity contribution in [2.45, 2.75) is 12.1 Å². The van der Waals surface area contributed by atoms with Crippen molar-refractivity contribution in [2.75, 3.05) is 13.1 Å². The fraction of sp³-hybridized carbons (Fsp3) is 0.167. The van der Waals surface area contributed by atoms with Gasteiger partial charge in [-0.15, -0.1) is 0 Å². The predicted octanol–water partition coefficient (Wildman–Crippen LogP) is 2.28. The highest BCUT2D eigenvalue weighted by Crippen LogP contribution is 2.24. The number of phenols is 1. The number of hydrogen-bond donors (Lipinski definition) is 4. The molecule has 2 aromatic carbocycles. The summed E-state index contributed by atoms with van der Waals surface area (Å²) in [5.41, 5.74) is 1.41. The molecule has 1 aliphatic heterocycles. The molecule has 8 nitrogen and oxygen atoms in total. The molecule has 4 N–H and O–H groups in total. The number of hydrogen-bond acceptors (Lipinski definition) is 6. The van der Waals surface area contributed by atoms with Crippen LogP contribution in [-0.4, -0.2) is 52.9 Å². The SMILES string of the molecule is O=C(N[C@@H]1CNC[C@H]1NC(=O)c1ccc(C(=O)c2cc(Br)ccc2O)cc1)c1ccncc1. The van der Waals surface area contributed by atoms with Crippen LogP contribution in [-0.2, 0) is 0 Å². The molecule has 2 heterocycles. The number of nitrogens with zero attached hydrogens (tertiary/aromatic N) is 1. The number of rotatable bonds is 6. The summed E-state index contributed by atoms with van der Waals surface area (Å²) in [6.07, 6.45) is 3.10. The van der Waals surface area contributed by atoms with Crippen LogP contribution in [0.3, 0.4) is 0 Å². The van der Waals surface area contributed by atoms with Crippen molar-refractivity contribution in [2.24, 2.45) is 0 Å². The number of amides is 2. The van der Waals surface area contributed by atoms with Crippen LogP contribution in [0.4, 0.5) is 0 Å². The predicted molar refractivity (Wildman–Crippen MR) is 125 cm³/mol. The van der Waals surface area contributed by atoms with Crippen molar-refractivity contribution in [3.05, 3.63) is 93.7 Å². The molecule has 0 saturated carbocycles. The van der Waals surface area contributed by atoms with Gasteiger partial charge in [0.15, 0.2) is 5.78 Å². The van der Waals surface area contributed by atoms with Gasteiger partial charge in [-0.2, -0.15) is 0 Å². The van der Waals surface area contributed by atoms with Crippen molar-refractivity contribution < 1.29 is 19.5 Å². The van der Waals surface area contributed by atoms with Crippen LogP contribution in [0.5, 0.6) is 5.75 Å². The molecule has 0 aliphatic carbocycles. The van der Waals surface area contributed by atoms with E-state index in [-0.39, 0.29) is 41.0 Å². The molecule has 1 aliphatic rings. The number of halogens is 1. The van der Waals surface area contributed by atoms with Crippen LogP contribution in [0.1, 0.15) is 36.6 Å². The molecule has 0 unspecified atom stereocenters. The molecule has 4 rings (SSSR count). The lowest BCUT2D eigenvalue weighted by Crippen LogP contribution is -2.51. The van der Waals surface area contributed by atoms with Gasteiger partial charge in [0, 0.05) is 46.6 Å². The van der Waals surface area contributed by atoms with Gasteiger partial charge in [0.1, 0.15) is 5.75 Å². The van der Waals surface area contributed by atoms with Crippen LogP contribution < -0.4 is 16.0 Å². The first-order valence-corrected chi connectivity index (χ1v) is 11.1. The van der Waals surface area contributed by atoms with Gasteiger partial charge in [0.05, 0.1) is 17.6 Å². The maximum atomic E-state index is 12.8. The number of nitrogens with one attached hydrogen (secondary N) is 3. The second kappa shape index (κ2) is 9.93. The number of pyridine rings is 1. The van der Waals surface area contributed by atoms with Gasteiger partial charge in [-0.3, -0.25) is 19.4 Å². The molecule has 3 aromatic rings. The molecule has 1 fully saturated rings. The van der Waals surface area contributed by atoms with Crippen molar-refractivity contribution in [3.63, 3.8) is 0 Å². The van der Waals surface area contributed by atoms with Gasteiger partial charge in [0.2, 0.25) is 0 Å². The standard InChI is InChI=1S/C24H21BrN4O4/c25-17-5-6-21(30)18(11-17)22(31)14-1-3-15(4-2-14)23(32)28-19-12-27-13-20(19)29-24(33)16-7-9-26-10-8-16/h1-11,19-20,27,30H,12-13H2,(H,28,32)(H,29,33)/t19-,20-/m1/s1. The van der Waals surface area contributed by atoms with Gasteiger partial charge in [-0.25, -0.2) is 0 Å². The summed E-state index contributed by atoms with van der Waals surface area (Å²) in [6.45, 7) is 1.05. The molecule has 1 aromatic heterocycles. The summed E-state index contributed by atoms with van der Waals surface area (Å²) >= 11 is 3.29. The number of carbonyl (C=O) groups is 3. The number of aromatic nitrogens is 1. The van der Waals surface area contributed by atoms with E-state index in [4.69, 9.17) is 0 Å². The molecule has 0 spiro atoms. The van der Waals surface area contributed by atoms with E-state index in [9.17, 15) is 19.5 Å². The molecule has 1 saturated heterocycles. The Balaban J connectivity index is 1.40. The zero-order chi connectivity index (χ0) is 23.4. The monoisotopic (exact) mass is 508 g/mol. The number of aromatic hydroxyl groups is 1. The first-order valence-electron chi connectivity index (χ1n) is 10.3. The Hall–Kier alpha value is -3.56. The maximum Gasteiger partial charge on any atom is 0.251 e. The lowest BCUT2D eigenvalue weighted by Gasteiger charge is -2.21. The molecule has 2 atom stereocenters. The number of phenolic OH excluding ortho intramolecular Hbond substituents is 1. The minimum atomic E-state index is -0.348. The van der Waals surface area contributed by atoms with E-state index < -0.39 is 0 Å². The van der Waals surface area contributed by atoms with Crippen LogP contribution in [0, 0.1) is 0 Å². The Kier molecular flexibility index (Phi) is 6.81. The third-order valence-corrected chi connectivity index (χ3v) is 5.90. The summed E-state index contributed by atoms with van der Waals surface area (Å²) in [4.78, 5) is 41.8. The van der Waals surface area contributed by atoms with Crippen molar-refractivity contribution >= 4 is 33.5 Å². The van der Waals surface area contributed by atoms with Crippen molar-refractivity contribution in [1.29, 1.82) is 0 Å². The number of benzene rings is 2. The van der Waals surface area contributed by atoms with E-state index in [2.05, 4.69) is 36.9 Å². The van der Waals surface area contributed by atoms with E-state index in [0.29, 0.717) is 34.3 Å².